The largest absolute Gasteiger partial charge is 0.396 e. The number of aliphatic hydroxyl groups excluding tert-OH is 1. The maximum absolute atomic E-state index is 9.65. The normalized spacial score (nSPS) is 12.5. The number of hydrogen-bond acceptors (Lipinski definition) is 6. The number of anilines is 1. The second kappa shape index (κ2) is 6.92. The molecule has 3 rings (SSSR count). The van der Waals surface area contributed by atoms with E-state index in [2.05, 4.69) is 29.3 Å². The van der Waals surface area contributed by atoms with E-state index in [-0.39, 0.29) is 18.0 Å². The van der Waals surface area contributed by atoms with Crippen molar-refractivity contribution in [1.82, 2.24) is 4.98 Å². The number of aliphatic hydroxyl groups is 1. The third-order valence-electron chi connectivity index (χ3n) is 4.13. The minimum absolute atomic E-state index is 0.0225. The average molecular weight is 336 g/mol. The van der Waals surface area contributed by atoms with Crippen molar-refractivity contribution in [3.8, 4) is 23.3 Å². The van der Waals surface area contributed by atoms with Gasteiger partial charge in [-0.25, -0.2) is 4.98 Å². The molecule has 0 fully saturated rings. The molecule has 0 saturated carbocycles. The van der Waals surface area contributed by atoms with Crippen LogP contribution in [-0.2, 0) is 12.8 Å². The highest BCUT2D eigenvalue weighted by Gasteiger charge is 2.21. The summed E-state index contributed by atoms with van der Waals surface area (Å²) in [6.45, 7) is -0.0225. The topological polar surface area (TPSA) is 107 Å². The van der Waals surface area contributed by atoms with Crippen LogP contribution in [-0.4, -0.2) is 22.5 Å². The molecule has 24 heavy (non-hydrogen) atoms. The van der Waals surface area contributed by atoms with E-state index in [1.54, 1.807) is 0 Å². The van der Waals surface area contributed by atoms with Crippen LogP contribution in [0, 0.1) is 22.7 Å². The quantitative estimate of drug-likeness (QED) is 0.831. The molecule has 0 radical (unpaired) electrons. The third-order valence-corrected chi connectivity index (χ3v) is 5.09. The van der Waals surface area contributed by atoms with E-state index < -0.39 is 0 Å². The number of nitrogens with two attached hydrogens (primary N) is 1. The Morgan fingerprint density at radius 1 is 1.17 bits per heavy atom. The summed E-state index contributed by atoms with van der Waals surface area (Å²) in [4.78, 5) is 4.20. The summed E-state index contributed by atoms with van der Waals surface area (Å²) in [6.07, 6.45) is 3.21. The molecular weight excluding hydrogens is 320 g/mol. The number of fused-ring (bicyclic) bond motifs is 1. The fraction of sp³-hybridized carbons (Fsp3) is 0.278. The van der Waals surface area contributed by atoms with Crippen molar-refractivity contribution in [2.45, 2.75) is 24.3 Å². The van der Waals surface area contributed by atoms with Crippen molar-refractivity contribution in [3.63, 3.8) is 0 Å². The fourth-order valence-corrected chi connectivity index (χ4v) is 3.80. The van der Waals surface area contributed by atoms with Gasteiger partial charge >= 0.3 is 0 Å². The van der Waals surface area contributed by atoms with E-state index in [4.69, 9.17) is 10.8 Å². The molecule has 120 valence electrons. The Morgan fingerprint density at radius 2 is 1.92 bits per heavy atom. The van der Waals surface area contributed by atoms with Gasteiger partial charge in [0.05, 0.1) is 12.2 Å². The highest BCUT2D eigenvalue weighted by atomic mass is 32.2. The van der Waals surface area contributed by atoms with Crippen LogP contribution in [0.4, 0.5) is 5.82 Å². The molecule has 0 spiro atoms. The highest BCUT2D eigenvalue weighted by Crippen LogP contribution is 2.37. The van der Waals surface area contributed by atoms with Crippen LogP contribution >= 0.6 is 11.8 Å². The van der Waals surface area contributed by atoms with Crippen molar-refractivity contribution in [3.05, 3.63) is 40.5 Å². The highest BCUT2D eigenvalue weighted by molar-refractivity contribution is 7.99. The van der Waals surface area contributed by atoms with Crippen molar-refractivity contribution in [1.29, 1.82) is 10.5 Å². The van der Waals surface area contributed by atoms with Gasteiger partial charge < -0.3 is 10.8 Å². The molecule has 3 N–H and O–H groups in total. The lowest BCUT2D eigenvalue weighted by Gasteiger charge is -2.13. The predicted octanol–water partition coefficient (Wildman–Crippen LogP) is 2.65. The lowest BCUT2D eigenvalue weighted by Crippen LogP contribution is -2.04. The smallest absolute Gasteiger partial charge is 0.143 e. The van der Waals surface area contributed by atoms with Crippen molar-refractivity contribution >= 4 is 17.6 Å². The molecule has 1 aliphatic carbocycles. The van der Waals surface area contributed by atoms with E-state index in [1.165, 1.54) is 22.9 Å². The molecule has 1 aromatic carbocycles. The Hall–Kier alpha value is -2.54. The molecule has 0 bridgehead atoms. The average Bonchev–Trinajstić information content (AvgIpc) is 3.06. The molecule has 0 atom stereocenters. The summed E-state index contributed by atoms with van der Waals surface area (Å²) < 4.78 is 0. The van der Waals surface area contributed by atoms with Gasteiger partial charge in [0.15, 0.2) is 0 Å². The van der Waals surface area contributed by atoms with Gasteiger partial charge in [0, 0.05) is 11.3 Å². The first-order chi connectivity index (χ1) is 11.7. The molecule has 1 heterocycles. The summed E-state index contributed by atoms with van der Waals surface area (Å²) in [7, 11) is 0. The standard InChI is InChI=1S/C18H16N4OS/c19-9-14-16(13-5-4-11-2-1-3-12(11)8-13)15(10-20)18(22-17(14)21)24-7-6-23/h4-5,8,23H,1-3,6-7H2,(H2,21,22). The number of pyridine rings is 1. The van der Waals surface area contributed by atoms with E-state index in [0.29, 0.717) is 21.9 Å². The van der Waals surface area contributed by atoms with Gasteiger partial charge in [0.2, 0.25) is 0 Å². The van der Waals surface area contributed by atoms with Crippen LogP contribution < -0.4 is 5.73 Å². The predicted molar refractivity (Wildman–Crippen MR) is 93.4 cm³/mol. The van der Waals surface area contributed by atoms with Crippen LogP contribution in [0.5, 0.6) is 0 Å². The zero-order valence-corrected chi connectivity index (χ0v) is 13.9. The van der Waals surface area contributed by atoms with E-state index in [9.17, 15) is 10.5 Å². The Labute approximate surface area is 144 Å². The third kappa shape index (κ3) is 2.82. The van der Waals surface area contributed by atoms with Gasteiger partial charge in [-0.3, -0.25) is 0 Å². The molecule has 6 heteroatoms. The Kier molecular flexibility index (Phi) is 4.71. The fourth-order valence-electron chi connectivity index (χ4n) is 3.06. The number of nitrogens with zero attached hydrogens (tertiary/aromatic N) is 3. The molecule has 0 amide bonds. The van der Waals surface area contributed by atoms with E-state index in [0.717, 1.165) is 24.8 Å². The maximum Gasteiger partial charge on any atom is 0.143 e. The van der Waals surface area contributed by atoms with Gasteiger partial charge in [0.25, 0.3) is 0 Å². The monoisotopic (exact) mass is 336 g/mol. The number of benzene rings is 1. The minimum atomic E-state index is -0.0225. The van der Waals surface area contributed by atoms with Gasteiger partial charge in [0.1, 0.15) is 28.5 Å². The Balaban J connectivity index is 2.23. The molecular formula is C18H16N4OS. The van der Waals surface area contributed by atoms with E-state index in [1.807, 2.05) is 6.07 Å². The summed E-state index contributed by atoms with van der Waals surface area (Å²) >= 11 is 1.27. The van der Waals surface area contributed by atoms with Crippen LogP contribution in [0.3, 0.4) is 0 Å². The van der Waals surface area contributed by atoms with Gasteiger partial charge in [-0.2, -0.15) is 10.5 Å². The molecule has 0 unspecified atom stereocenters. The molecule has 2 aromatic rings. The first-order valence-electron chi connectivity index (χ1n) is 7.69. The number of nitrogen functional groups attached to an aromatic ring is 1. The van der Waals surface area contributed by atoms with Crippen LogP contribution in [0.1, 0.15) is 28.7 Å². The number of nitriles is 2. The summed E-state index contributed by atoms with van der Waals surface area (Å²) in [5.74, 6) is 0.531. The molecule has 5 nitrogen and oxygen atoms in total. The second-order valence-electron chi connectivity index (χ2n) is 5.56. The number of thioether (sulfide) groups is 1. The molecule has 0 aliphatic heterocycles. The Bertz CT molecular complexity index is 880. The zero-order chi connectivity index (χ0) is 17.1. The van der Waals surface area contributed by atoms with Crippen molar-refractivity contribution in [2.75, 3.05) is 18.1 Å². The summed E-state index contributed by atoms with van der Waals surface area (Å²) in [5, 5.41) is 28.7. The van der Waals surface area contributed by atoms with Crippen LogP contribution in [0.25, 0.3) is 11.1 Å². The zero-order valence-electron chi connectivity index (χ0n) is 13.0. The van der Waals surface area contributed by atoms with Crippen LogP contribution in [0.15, 0.2) is 23.2 Å². The SMILES string of the molecule is N#Cc1c(N)nc(SCCO)c(C#N)c1-c1ccc2c(c1)CCC2. The summed E-state index contributed by atoms with van der Waals surface area (Å²) in [5.41, 5.74) is 10.5. The number of aryl methyl sites for hydroxylation is 2. The maximum atomic E-state index is 9.65. The van der Waals surface area contributed by atoms with Crippen LogP contribution in [0.2, 0.25) is 0 Å². The lowest BCUT2D eigenvalue weighted by atomic mass is 9.94. The minimum Gasteiger partial charge on any atom is -0.396 e. The number of rotatable bonds is 4. The van der Waals surface area contributed by atoms with Gasteiger partial charge in [-0.1, -0.05) is 18.2 Å². The first kappa shape index (κ1) is 16.3. The first-order valence-corrected chi connectivity index (χ1v) is 8.67. The lowest BCUT2D eigenvalue weighted by molar-refractivity contribution is 0.322. The molecule has 1 aliphatic rings. The number of hydrogen-bond donors (Lipinski definition) is 2. The number of aromatic nitrogens is 1. The van der Waals surface area contributed by atoms with Gasteiger partial charge in [-0.05, 0) is 36.0 Å². The van der Waals surface area contributed by atoms with Gasteiger partial charge in [-0.15, -0.1) is 11.8 Å². The van der Waals surface area contributed by atoms with Crippen molar-refractivity contribution in [2.24, 2.45) is 0 Å². The molecule has 0 saturated heterocycles. The van der Waals surface area contributed by atoms with Crippen molar-refractivity contribution < 1.29 is 5.11 Å². The molecule has 1 aromatic heterocycles. The van der Waals surface area contributed by atoms with E-state index >= 15 is 0 Å². The summed E-state index contributed by atoms with van der Waals surface area (Å²) in [6, 6.07) is 10.3. The second-order valence-corrected chi connectivity index (χ2v) is 6.64. The Morgan fingerprint density at radius 3 is 2.62 bits per heavy atom.